The Morgan fingerprint density at radius 3 is 2.52 bits per heavy atom. The minimum Gasteiger partial charge on any atom is -0.507 e. The normalized spacial score (nSPS) is 18.7. The maximum atomic E-state index is 13.0. The number of likely N-dealkylation sites (tertiary alicyclic amines) is 1. The molecule has 6 heteroatoms. The predicted octanol–water partition coefficient (Wildman–Crippen LogP) is 2.52. The number of aliphatic hydroxyl groups excluding tert-OH is 1. The number of benzene rings is 2. The number of ketones is 1. The summed E-state index contributed by atoms with van der Waals surface area (Å²) in [5, 5.41) is 11.7. The summed E-state index contributed by atoms with van der Waals surface area (Å²) in [7, 11) is 3.97. The van der Waals surface area contributed by atoms with Crippen LogP contribution in [-0.4, -0.2) is 48.9 Å². The monoisotopic (exact) mass is 413 g/mol. The molecule has 152 valence electrons. The molecule has 0 radical (unpaired) electrons. The fourth-order valence-electron chi connectivity index (χ4n) is 3.61. The maximum absolute atomic E-state index is 13.0. The molecule has 1 atom stereocenters. The van der Waals surface area contributed by atoms with Gasteiger partial charge in [0.05, 0.1) is 38.8 Å². The van der Waals surface area contributed by atoms with E-state index in [1.54, 1.807) is 18.2 Å². The van der Waals surface area contributed by atoms with E-state index in [4.69, 9.17) is 11.6 Å². The Morgan fingerprint density at radius 2 is 1.86 bits per heavy atom. The highest BCUT2D eigenvalue weighted by atomic mass is 35.5. The smallest absolute Gasteiger partial charge is 0.295 e. The Hall–Kier alpha value is -2.63. The number of aliphatic hydroxyl groups is 1. The van der Waals surface area contributed by atoms with E-state index in [-0.39, 0.29) is 11.3 Å². The minimum absolute atomic E-state index is 0.111. The van der Waals surface area contributed by atoms with E-state index in [2.05, 4.69) is 0 Å². The van der Waals surface area contributed by atoms with Crippen LogP contribution < -0.4 is 4.90 Å². The number of aryl methyl sites for hydroxylation is 2. The molecule has 0 saturated carbocycles. The summed E-state index contributed by atoms with van der Waals surface area (Å²) in [6, 6.07) is 12.1. The van der Waals surface area contributed by atoms with Crippen LogP contribution in [0.2, 0.25) is 5.02 Å². The van der Waals surface area contributed by atoms with E-state index in [9.17, 15) is 14.7 Å². The highest BCUT2D eigenvalue weighted by molar-refractivity contribution is 6.46. The number of carbonyl (C=O) groups excluding carboxylic acids is 2. The molecule has 3 rings (SSSR count). The molecule has 0 spiro atoms. The van der Waals surface area contributed by atoms with Gasteiger partial charge in [-0.15, -0.1) is 0 Å². The van der Waals surface area contributed by atoms with Crippen LogP contribution in [0, 0.1) is 13.8 Å². The zero-order chi connectivity index (χ0) is 21.3. The van der Waals surface area contributed by atoms with E-state index >= 15 is 0 Å². The second-order valence-corrected chi connectivity index (χ2v) is 8.26. The first kappa shape index (κ1) is 21.1. The fraction of sp³-hybridized carbons (Fsp3) is 0.304. The molecule has 5 nitrogen and oxygen atoms in total. The van der Waals surface area contributed by atoms with Crippen LogP contribution in [0.3, 0.4) is 0 Å². The van der Waals surface area contributed by atoms with Crippen LogP contribution in [0.1, 0.15) is 28.3 Å². The van der Waals surface area contributed by atoms with Gasteiger partial charge < -0.3 is 14.9 Å². The van der Waals surface area contributed by atoms with E-state index in [1.165, 1.54) is 4.90 Å². The van der Waals surface area contributed by atoms with Crippen molar-refractivity contribution in [1.29, 1.82) is 0 Å². The molecule has 29 heavy (non-hydrogen) atoms. The average Bonchev–Trinajstić information content (AvgIpc) is 2.92. The molecule has 0 aliphatic carbocycles. The molecule has 1 heterocycles. The van der Waals surface area contributed by atoms with Crippen molar-refractivity contribution in [1.82, 2.24) is 4.90 Å². The lowest BCUT2D eigenvalue weighted by molar-refractivity contribution is -0.857. The number of hydrogen-bond donors (Lipinski definition) is 2. The standard InChI is InChI=1S/C23H25ClN2O3/c1-14-8-9-15(2)18(12-14)21(27)19-20(16-6-5-7-17(24)13-16)26(11-10-25(3)4)23(29)22(19)28/h5-9,12-13,20,27H,10-11H2,1-4H3/p+1/t20-/m0/s1. The topological polar surface area (TPSA) is 62.0 Å². The summed E-state index contributed by atoms with van der Waals surface area (Å²) in [5.74, 6) is -1.40. The molecule has 2 aromatic rings. The Morgan fingerprint density at radius 1 is 1.14 bits per heavy atom. The number of hydrogen-bond acceptors (Lipinski definition) is 3. The van der Waals surface area contributed by atoms with E-state index < -0.39 is 17.7 Å². The van der Waals surface area contributed by atoms with Gasteiger partial charge in [0.25, 0.3) is 11.7 Å². The summed E-state index contributed by atoms with van der Waals surface area (Å²) in [5.41, 5.74) is 3.18. The molecule has 0 unspecified atom stereocenters. The van der Waals surface area contributed by atoms with Gasteiger partial charge in [-0.2, -0.15) is 0 Å². The van der Waals surface area contributed by atoms with Crippen LogP contribution in [0.4, 0.5) is 0 Å². The van der Waals surface area contributed by atoms with E-state index in [0.717, 1.165) is 16.0 Å². The van der Waals surface area contributed by atoms with Gasteiger partial charge in [0.1, 0.15) is 5.76 Å². The molecular weight excluding hydrogens is 388 g/mol. The number of carbonyl (C=O) groups is 2. The third-order valence-corrected chi connectivity index (χ3v) is 5.44. The lowest BCUT2D eigenvalue weighted by Gasteiger charge is -2.26. The largest absolute Gasteiger partial charge is 0.507 e. The molecule has 1 aliphatic rings. The SMILES string of the molecule is Cc1ccc(C)c(C(O)=C2C(=O)C(=O)N(CC[NH+](C)C)[C@H]2c2cccc(Cl)c2)c1. The summed E-state index contributed by atoms with van der Waals surface area (Å²) in [6.45, 7) is 4.86. The van der Waals surface area contributed by atoms with Crippen LogP contribution in [0.5, 0.6) is 0 Å². The summed E-state index contributed by atoms with van der Waals surface area (Å²) in [6.07, 6.45) is 0. The van der Waals surface area contributed by atoms with Crippen molar-refractivity contribution in [3.05, 3.63) is 75.3 Å². The summed E-state index contributed by atoms with van der Waals surface area (Å²) >= 11 is 6.19. The molecule has 2 N–H and O–H groups in total. The summed E-state index contributed by atoms with van der Waals surface area (Å²) < 4.78 is 0. The molecule has 0 aromatic heterocycles. The van der Waals surface area contributed by atoms with E-state index in [0.29, 0.717) is 29.2 Å². The zero-order valence-corrected chi connectivity index (χ0v) is 17.9. The van der Waals surface area contributed by atoms with Crippen molar-refractivity contribution < 1.29 is 19.6 Å². The Balaban J connectivity index is 2.20. The van der Waals surface area contributed by atoms with Gasteiger partial charge in [0, 0.05) is 10.6 Å². The van der Waals surface area contributed by atoms with E-state index in [1.807, 2.05) is 52.2 Å². The Labute approximate surface area is 176 Å². The first-order chi connectivity index (χ1) is 13.7. The Bertz CT molecular complexity index is 997. The van der Waals surface area contributed by atoms with Gasteiger partial charge in [0.15, 0.2) is 0 Å². The number of likely N-dealkylation sites (N-methyl/N-ethyl adjacent to an activating group) is 1. The molecule has 0 bridgehead atoms. The number of Topliss-reactive ketones (excluding diaryl/α,β-unsaturated/α-hetero) is 1. The third kappa shape index (κ3) is 4.21. The van der Waals surface area contributed by atoms with Crippen LogP contribution in [0.15, 0.2) is 48.0 Å². The van der Waals surface area contributed by atoms with Crippen LogP contribution >= 0.6 is 11.6 Å². The molecule has 1 saturated heterocycles. The summed E-state index contributed by atoms with van der Waals surface area (Å²) in [4.78, 5) is 28.6. The molecule has 1 amide bonds. The van der Waals surface area contributed by atoms with Gasteiger partial charge >= 0.3 is 0 Å². The van der Waals surface area contributed by atoms with Crippen molar-refractivity contribution in [3.63, 3.8) is 0 Å². The van der Waals surface area contributed by atoms with Gasteiger partial charge in [-0.1, -0.05) is 41.4 Å². The minimum atomic E-state index is -0.673. The second-order valence-electron chi connectivity index (χ2n) is 7.82. The van der Waals surface area contributed by atoms with Crippen molar-refractivity contribution in [2.45, 2.75) is 19.9 Å². The fourth-order valence-corrected chi connectivity index (χ4v) is 3.81. The van der Waals surface area contributed by atoms with Crippen molar-refractivity contribution in [2.75, 3.05) is 27.2 Å². The average molecular weight is 414 g/mol. The highest BCUT2D eigenvalue weighted by Gasteiger charge is 2.46. The first-order valence-electron chi connectivity index (χ1n) is 9.61. The molecular formula is C23H26ClN2O3+. The second kappa shape index (κ2) is 8.39. The van der Waals surface area contributed by atoms with Gasteiger partial charge in [-0.05, 0) is 43.2 Å². The first-order valence-corrected chi connectivity index (χ1v) is 9.99. The van der Waals surface area contributed by atoms with Gasteiger partial charge in [-0.25, -0.2) is 0 Å². The number of nitrogens with one attached hydrogen (secondary N) is 1. The number of halogens is 1. The number of quaternary nitrogens is 1. The predicted molar refractivity (Wildman–Crippen MR) is 114 cm³/mol. The Kier molecular flexibility index (Phi) is 6.10. The number of amides is 1. The zero-order valence-electron chi connectivity index (χ0n) is 17.1. The lowest BCUT2D eigenvalue weighted by Crippen LogP contribution is -3.06. The quantitative estimate of drug-likeness (QED) is 0.450. The van der Waals surface area contributed by atoms with Gasteiger partial charge in [0.2, 0.25) is 0 Å². The van der Waals surface area contributed by atoms with Gasteiger partial charge in [-0.3, -0.25) is 9.59 Å². The molecule has 1 fully saturated rings. The molecule has 2 aromatic carbocycles. The number of rotatable bonds is 5. The van der Waals surface area contributed by atoms with Crippen LogP contribution in [0.25, 0.3) is 5.76 Å². The highest BCUT2D eigenvalue weighted by Crippen LogP contribution is 2.40. The maximum Gasteiger partial charge on any atom is 0.295 e. The molecule has 1 aliphatic heterocycles. The van der Waals surface area contributed by atoms with Crippen molar-refractivity contribution in [2.24, 2.45) is 0 Å². The van der Waals surface area contributed by atoms with Crippen LogP contribution in [-0.2, 0) is 9.59 Å². The third-order valence-electron chi connectivity index (χ3n) is 5.21. The van der Waals surface area contributed by atoms with Crippen molar-refractivity contribution >= 4 is 29.1 Å². The lowest BCUT2D eigenvalue weighted by atomic mass is 9.93. The number of nitrogens with zero attached hydrogens (tertiary/aromatic N) is 1. The van der Waals surface area contributed by atoms with Crippen molar-refractivity contribution in [3.8, 4) is 0 Å².